The molecule has 0 bridgehead atoms. The Morgan fingerprint density at radius 3 is 2.65 bits per heavy atom. The zero-order valence-electron chi connectivity index (χ0n) is 11.2. The van der Waals surface area contributed by atoms with E-state index in [0.29, 0.717) is 23.4 Å². The lowest BCUT2D eigenvalue weighted by Crippen LogP contribution is -2.23. The normalized spacial score (nSPS) is 16.0. The highest BCUT2D eigenvalue weighted by atomic mass is 32.1. The Labute approximate surface area is 121 Å². The molecule has 0 unspecified atom stereocenters. The van der Waals surface area contributed by atoms with E-state index in [-0.39, 0.29) is 0 Å². The van der Waals surface area contributed by atoms with Gasteiger partial charge in [-0.1, -0.05) is 19.3 Å². The largest absolute Gasteiger partial charge is 0.393 e. The minimum absolute atomic E-state index is 0.466. The van der Waals surface area contributed by atoms with Gasteiger partial charge in [0.05, 0.1) is 0 Å². The predicted octanol–water partition coefficient (Wildman–Crippen LogP) is 3.00. The van der Waals surface area contributed by atoms with Crippen LogP contribution in [-0.2, 0) is 0 Å². The smallest absolute Gasteiger partial charge is 0.188 e. The topological polar surface area (TPSA) is 88.8 Å². The van der Waals surface area contributed by atoms with Crippen LogP contribution in [-0.4, -0.2) is 21.0 Å². The summed E-state index contributed by atoms with van der Waals surface area (Å²) >= 11 is 1.51. The average molecular weight is 290 g/mol. The minimum Gasteiger partial charge on any atom is -0.393 e. The Hall–Kier alpha value is -1.89. The van der Waals surface area contributed by atoms with Gasteiger partial charge in [0.1, 0.15) is 12.0 Å². The van der Waals surface area contributed by atoms with E-state index in [1.165, 1.54) is 49.8 Å². The van der Waals surface area contributed by atoms with E-state index in [2.05, 4.69) is 25.6 Å². The predicted molar refractivity (Wildman–Crippen MR) is 82.3 cm³/mol. The Bertz CT molecular complexity index is 550. The molecule has 0 amide bonds. The molecule has 2 heterocycles. The summed E-state index contributed by atoms with van der Waals surface area (Å²) in [4.78, 5) is 12.6. The second kappa shape index (κ2) is 6.04. The molecule has 1 fully saturated rings. The number of hydrogen-bond donors (Lipinski definition) is 3. The number of nitrogen functional groups attached to an aromatic ring is 1. The summed E-state index contributed by atoms with van der Waals surface area (Å²) in [6, 6.07) is 0.466. The summed E-state index contributed by atoms with van der Waals surface area (Å²) in [6.45, 7) is 0. The number of nitrogens with two attached hydrogens (primary N) is 1. The van der Waals surface area contributed by atoms with Gasteiger partial charge in [-0.05, 0) is 12.8 Å². The SMILES string of the molecule is Nc1c(Nc2nccs2)ncnc1NC1CCCCC1. The van der Waals surface area contributed by atoms with Crippen LogP contribution in [0.4, 0.5) is 22.5 Å². The second-order valence-electron chi connectivity index (χ2n) is 4.93. The van der Waals surface area contributed by atoms with Crippen LogP contribution in [0, 0.1) is 0 Å². The standard InChI is InChI=1S/C13H18N6S/c14-10-11(18-9-4-2-1-3-5-9)16-8-17-12(10)19-13-15-6-7-20-13/h6-9H,1-5,14H2,(H2,15,16,17,18,19). The number of rotatable bonds is 4. The average Bonchev–Trinajstić information content (AvgIpc) is 2.97. The zero-order chi connectivity index (χ0) is 13.8. The quantitative estimate of drug-likeness (QED) is 0.802. The van der Waals surface area contributed by atoms with Gasteiger partial charge in [-0.15, -0.1) is 11.3 Å². The van der Waals surface area contributed by atoms with Crippen LogP contribution in [0.5, 0.6) is 0 Å². The van der Waals surface area contributed by atoms with Gasteiger partial charge in [-0.2, -0.15) is 0 Å². The van der Waals surface area contributed by atoms with Crippen molar-refractivity contribution >= 4 is 33.8 Å². The molecule has 2 aromatic heterocycles. The third-order valence-corrected chi connectivity index (χ3v) is 4.18. The number of thiazole rings is 1. The van der Waals surface area contributed by atoms with Crippen LogP contribution in [0.2, 0.25) is 0 Å². The molecule has 106 valence electrons. The summed E-state index contributed by atoms with van der Waals surface area (Å²) in [7, 11) is 0. The van der Waals surface area contributed by atoms with Gasteiger partial charge in [0.15, 0.2) is 16.8 Å². The molecular weight excluding hydrogens is 272 g/mol. The molecule has 3 rings (SSSR count). The monoisotopic (exact) mass is 290 g/mol. The number of nitrogens with one attached hydrogen (secondary N) is 2. The highest BCUT2D eigenvalue weighted by Crippen LogP contribution is 2.29. The summed E-state index contributed by atoms with van der Waals surface area (Å²) in [5, 5.41) is 9.24. The molecule has 6 nitrogen and oxygen atoms in total. The van der Waals surface area contributed by atoms with Crippen molar-refractivity contribution in [3.8, 4) is 0 Å². The molecule has 0 radical (unpaired) electrons. The van der Waals surface area contributed by atoms with E-state index in [1.54, 1.807) is 6.20 Å². The molecular formula is C13H18N6S. The maximum absolute atomic E-state index is 6.14. The molecule has 20 heavy (non-hydrogen) atoms. The summed E-state index contributed by atoms with van der Waals surface area (Å²) in [6.07, 6.45) is 9.49. The van der Waals surface area contributed by atoms with Crippen LogP contribution < -0.4 is 16.4 Å². The van der Waals surface area contributed by atoms with Crippen LogP contribution >= 0.6 is 11.3 Å². The molecule has 7 heteroatoms. The van der Waals surface area contributed by atoms with Crippen molar-refractivity contribution < 1.29 is 0 Å². The van der Waals surface area contributed by atoms with Gasteiger partial charge in [-0.25, -0.2) is 15.0 Å². The van der Waals surface area contributed by atoms with Crippen molar-refractivity contribution in [1.82, 2.24) is 15.0 Å². The lowest BCUT2D eigenvalue weighted by atomic mass is 9.95. The molecule has 1 aliphatic carbocycles. The summed E-state index contributed by atoms with van der Waals surface area (Å²) in [5.74, 6) is 1.32. The first-order chi connectivity index (χ1) is 9.83. The lowest BCUT2D eigenvalue weighted by Gasteiger charge is -2.24. The van der Waals surface area contributed by atoms with Crippen molar-refractivity contribution in [2.24, 2.45) is 0 Å². The fourth-order valence-corrected chi connectivity index (χ4v) is 2.96. The maximum atomic E-state index is 6.14. The van der Waals surface area contributed by atoms with E-state index in [1.807, 2.05) is 5.38 Å². The number of anilines is 4. The highest BCUT2D eigenvalue weighted by molar-refractivity contribution is 7.13. The lowest BCUT2D eigenvalue weighted by molar-refractivity contribution is 0.462. The van der Waals surface area contributed by atoms with Crippen molar-refractivity contribution in [1.29, 1.82) is 0 Å². The Kier molecular flexibility index (Phi) is 3.96. The third-order valence-electron chi connectivity index (χ3n) is 3.49. The van der Waals surface area contributed by atoms with Crippen molar-refractivity contribution in [2.45, 2.75) is 38.1 Å². The van der Waals surface area contributed by atoms with E-state index in [0.717, 1.165) is 5.13 Å². The number of nitrogens with zero attached hydrogens (tertiary/aromatic N) is 3. The van der Waals surface area contributed by atoms with Gasteiger partial charge in [0.2, 0.25) is 0 Å². The molecule has 0 atom stereocenters. The van der Waals surface area contributed by atoms with Crippen LogP contribution in [0.1, 0.15) is 32.1 Å². The van der Waals surface area contributed by atoms with Gasteiger partial charge < -0.3 is 16.4 Å². The molecule has 1 saturated carbocycles. The highest BCUT2D eigenvalue weighted by Gasteiger charge is 2.16. The summed E-state index contributed by atoms with van der Waals surface area (Å²) in [5.41, 5.74) is 6.69. The molecule has 0 saturated heterocycles. The Balaban J connectivity index is 1.74. The van der Waals surface area contributed by atoms with Gasteiger partial charge in [0.25, 0.3) is 0 Å². The molecule has 0 spiro atoms. The second-order valence-corrected chi connectivity index (χ2v) is 5.82. The summed E-state index contributed by atoms with van der Waals surface area (Å²) < 4.78 is 0. The van der Waals surface area contributed by atoms with E-state index in [4.69, 9.17) is 5.73 Å². The Morgan fingerprint density at radius 2 is 1.90 bits per heavy atom. The fraction of sp³-hybridized carbons (Fsp3) is 0.462. The maximum Gasteiger partial charge on any atom is 0.188 e. The minimum atomic E-state index is 0.466. The van der Waals surface area contributed by atoms with Crippen molar-refractivity contribution in [2.75, 3.05) is 16.4 Å². The van der Waals surface area contributed by atoms with E-state index in [9.17, 15) is 0 Å². The first-order valence-corrected chi connectivity index (χ1v) is 7.74. The Morgan fingerprint density at radius 1 is 1.10 bits per heavy atom. The van der Waals surface area contributed by atoms with Gasteiger partial charge in [-0.3, -0.25) is 0 Å². The molecule has 2 aromatic rings. The molecule has 0 aliphatic heterocycles. The van der Waals surface area contributed by atoms with Crippen LogP contribution in [0.25, 0.3) is 0 Å². The third kappa shape index (κ3) is 2.98. The fourth-order valence-electron chi connectivity index (χ4n) is 2.44. The van der Waals surface area contributed by atoms with Gasteiger partial charge in [0, 0.05) is 17.6 Å². The zero-order valence-corrected chi connectivity index (χ0v) is 12.0. The van der Waals surface area contributed by atoms with Crippen LogP contribution in [0.15, 0.2) is 17.9 Å². The van der Waals surface area contributed by atoms with Crippen molar-refractivity contribution in [3.05, 3.63) is 17.9 Å². The molecule has 0 aromatic carbocycles. The first kappa shape index (κ1) is 13.1. The van der Waals surface area contributed by atoms with E-state index < -0.39 is 0 Å². The molecule has 1 aliphatic rings. The molecule has 4 N–H and O–H groups in total. The van der Waals surface area contributed by atoms with Crippen molar-refractivity contribution in [3.63, 3.8) is 0 Å². The number of hydrogen-bond acceptors (Lipinski definition) is 7. The first-order valence-electron chi connectivity index (χ1n) is 6.86. The van der Waals surface area contributed by atoms with Gasteiger partial charge >= 0.3 is 0 Å². The number of aromatic nitrogens is 3. The van der Waals surface area contributed by atoms with Crippen LogP contribution in [0.3, 0.4) is 0 Å². The van der Waals surface area contributed by atoms with E-state index >= 15 is 0 Å².